The molecule has 0 aliphatic carbocycles. The minimum atomic E-state index is -0.922. The van der Waals surface area contributed by atoms with Gasteiger partial charge in [0.15, 0.2) is 23.6 Å². The van der Waals surface area contributed by atoms with Crippen molar-refractivity contribution >= 4 is 5.97 Å². The average Bonchev–Trinajstić information content (AvgIpc) is 3.14. The number of carbonyl (C=O) groups is 1. The Labute approximate surface area is 279 Å². The highest BCUT2D eigenvalue weighted by molar-refractivity contribution is 5.76. The maximum Gasteiger partial charge on any atom is 0.347 e. The van der Waals surface area contributed by atoms with Crippen LogP contribution in [-0.2, 0) is 9.53 Å². The molecule has 0 aliphatic rings. The van der Waals surface area contributed by atoms with Gasteiger partial charge in [0.1, 0.15) is 11.5 Å². The van der Waals surface area contributed by atoms with E-state index in [1.807, 2.05) is 84.9 Å². The number of hydrogen-bond acceptors (Lipinski definition) is 8. The summed E-state index contributed by atoms with van der Waals surface area (Å²) >= 11 is 0. The Balaban J connectivity index is 1.33. The van der Waals surface area contributed by atoms with Crippen molar-refractivity contribution < 1.29 is 24.5 Å². The first-order valence-corrected chi connectivity index (χ1v) is 15.7. The summed E-state index contributed by atoms with van der Waals surface area (Å²) in [5, 5.41) is 20.3. The van der Waals surface area contributed by atoms with Crippen LogP contribution in [0.1, 0.15) is 13.8 Å². The van der Waals surface area contributed by atoms with Crippen molar-refractivity contribution in [1.29, 1.82) is 0 Å². The Morgan fingerprint density at radius 2 is 1.08 bits per heavy atom. The van der Waals surface area contributed by atoms with Gasteiger partial charge in [-0.05, 0) is 41.3 Å². The van der Waals surface area contributed by atoms with Crippen LogP contribution in [0.25, 0.3) is 56.4 Å². The van der Waals surface area contributed by atoms with E-state index in [1.165, 1.54) is 6.07 Å². The third-order valence-electron chi connectivity index (χ3n) is 7.81. The van der Waals surface area contributed by atoms with E-state index in [9.17, 15) is 15.0 Å². The molecule has 0 saturated heterocycles. The van der Waals surface area contributed by atoms with Crippen molar-refractivity contribution in [1.82, 2.24) is 15.0 Å². The van der Waals surface area contributed by atoms with Gasteiger partial charge in [-0.2, -0.15) is 0 Å². The number of phenolic OH excluding ortho intramolecular Hbond substituents is 1. The lowest BCUT2D eigenvalue weighted by molar-refractivity contribution is -0.152. The summed E-state index contributed by atoms with van der Waals surface area (Å²) in [6, 6.07) is 41.0. The van der Waals surface area contributed by atoms with Crippen LogP contribution in [0.2, 0.25) is 0 Å². The summed E-state index contributed by atoms with van der Waals surface area (Å²) < 4.78 is 11.0. The lowest BCUT2D eigenvalue weighted by atomic mass is 10.0. The SMILES string of the molecule is CC(CO)COC(=O)C(C)Oc1ccc(-c2nc(-c3ccc(-c4ccccc4)cc3)nc(-c3ccc(-c4ccccc4)cc3)n2)c(O)c1. The number of carbonyl (C=O) groups excluding carboxylic acids is 1. The summed E-state index contributed by atoms with van der Waals surface area (Å²) in [5.41, 5.74) is 6.31. The molecule has 8 heteroatoms. The van der Waals surface area contributed by atoms with Gasteiger partial charge in [0.2, 0.25) is 0 Å². The first kappa shape index (κ1) is 32.1. The maximum atomic E-state index is 12.4. The molecule has 8 nitrogen and oxygen atoms in total. The maximum absolute atomic E-state index is 12.4. The van der Waals surface area contributed by atoms with Crippen molar-refractivity contribution in [3.63, 3.8) is 0 Å². The minimum absolute atomic E-state index is 0.0846. The number of phenols is 1. The molecular weight excluding hydrogens is 602 g/mol. The van der Waals surface area contributed by atoms with Crippen LogP contribution in [0.3, 0.4) is 0 Å². The van der Waals surface area contributed by atoms with E-state index in [2.05, 4.69) is 24.3 Å². The topological polar surface area (TPSA) is 115 Å². The minimum Gasteiger partial charge on any atom is -0.507 e. The largest absolute Gasteiger partial charge is 0.507 e. The van der Waals surface area contributed by atoms with Gasteiger partial charge in [0, 0.05) is 29.7 Å². The molecular formula is C40H35N3O5. The van der Waals surface area contributed by atoms with Crippen LogP contribution in [-0.4, -0.2) is 50.5 Å². The van der Waals surface area contributed by atoms with Crippen LogP contribution in [0, 0.1) is 5.92 Å². The quantitative estimate of drug-likeness (QED) is 0.138. The molecule has 6 aromatic rings. The number of hydrogen-bond donors (Lipinski definition) is 2. The van der Waals surface area contributed by atoms with Gasteiger partial charge in [-0.25, -0.2) is 19.7 Å². The lowest BCUT2D eigenvalue weighted by Crippen LogP contribution is -2.28. The number of aliphatic hydroxyl groups excluding tert-OH is 1. The van der Waals surface area contributed by atoms with E-state index in [0.717, 1.165) is 33.4 Å². The molecule has 0 radical (unpaired) electrons. The fourth-order valence-corrected chi connectivity index (χ4v) is 5.06. The van der Waals surface area contributed by atoms with Crippen molar-refractivity contribution in [2.75, 3.05) is 13.2 Å². The summed E-state index contributed by atoms with van der Waals surface area (Å²) in [5.74, 6) is 0.599. The van der Waals surface area contributed by atoms with Gasteiger partial charge < -0.3 is 19.7 Å². The van der Waals surface area contributed by atoms with Gasteiger partial charge in [0.05, 0.1) is 12.2 Å². The van der Waals surface area contributed by atoms with Gasteiger partial charge in [-0.15, -0.1) is 0 Å². The summed E-state index contributed by atoms with van der Waals surface area (Å²) in [7, 11) is 0. The predicted molar refractivity (Wildman–Crippen MR) is 186 cm³/mol. The number of nitrogens with zero attached hydrogens (tertiary/aromatic N) is 3. The molecule has 0 bridgehead atoms. The summed E-state index contributed by atoms with van der Waals surface area (Å²) in [6.07, 6.45) is -0.922. The Morgan fingerprint density at radius 3 is 1.56 bits per heavy atom. The third-order valence-corrected chi connectivity index (χ3v) is 7.81. The van der Waals surface area contributed by atoms with Gasteiger partial charge in [-0.3, -0.25) is 0 Å². The molecule has 240 valence electrons. The van der Waals surface area contributed by atoms with Crippen LogP contribution in [0.4, 0.5) is 0 Å². The van der Waals surface area contributed by atoms with Crippen molar-refractivity contribution in [3.05, 3.63) is 127 Å². The molecule has 1 heterocycles. The lowest BCUT2D eigenvalue weighted by Gasteiger charge is -2.16. The number of aromatic hydroxyl groups is 1. The smallest absolute Gasteiger partial charge is 0.347 e. The van der Waals surface area contributed by atoms with Crippen LogP contribution < -0.4 is 4.74 Å². The van der Waals surface area contributed by atoms with Gasteiger partial charge in [-0.1, -0.05) is 116 Å². The number of rotatable bonds is 11. The monoisotopic (exact) mass is 637 g/mol. The Morgan fingerprint density at radius 1 is 0.625 bits per heavy atom. The standard InChI is InChI=1S/C40H35N3O5/c1-26(24-44)25-47-40(46)27(2)48-34-21-22-35(36(45)23-34)39-42-37(32-17-13-30(14-18-32)28-9-5-3-6-10-28)41-38(43-39)33-19-15-31(16-20-33)29-11-7-4-8-12-29/h3-23,26-27,44-45H,24-25H2,1-2H3. The average molecular weight is 638 g/mol. The molecule has 2 unspecified atom stereocenters. The highest BCUT2D eigenvalue weighted by atomic mass is 16.6. The van der Waals surface area contributed by atoms with Crippen molar-refractivity contribution in [2.45, 2.75) is 20.0 Å². The molecule has 5 aromatic carbocycles. The summed E-state index contributed by atoms with van der Waals surface area (Å²) in [6.45, 7) is 3.33. The fraction of sp³-hybridized carbons (Fsp3) is 0.150. The number of aliphatic hydroxyl groups is 1. The molecule has 2 atom stereocenters. The normalized spacial score (nSPS) is 12.2. The van der Waals surface area contributed by atoms with E-state index in [4.69, 9.17) is 24.4 Å². The Hall–Kier alpha value is -5.86. The third kappa shape index (κ3) is 7.57. The second-order valence-corrected chi connectivity index (χ2v) is 11.5. The van der Waals surface area contributed by atoms with Crippen LogP contribution in [0.5, 0.6) is 11.5 Å². The molecule has 0 saturated carbocycles. The zero-order valence-corrected chi connectivity index (χ0v) is 26.7. The molecule has 6 rings (SSSR count). The van der Waals surface area contributed by atoms with Gasteiger partial charge >= 0.3 is 5.97 Å². The molecule has 48 heavy (non-hydrogen) atoms. The van der Waals surface area contributed by atoms with Crippen LogP contribution in [0.15, 0.2) is 127 Å². The highest BCUT2D eigenvalue weighted by Crippen LogP contribution is 2.34. The van der Waals surface area contributed by atoms with E-state index in [-0.39, 0.29) is 36.5 Å². The van der Waals surface area contributed by atoms with Crippen molar-refractivity contribution in [3.8, 4) is 67.9 Å². The second-order valence-electron chi connectivity index (χ2n) is 11.5. The van der Waals surface area contributed by atoms with E-state index in [0.29, 0.717) is 17.2 Å². The highest BCUT2D eigenvalue weighted by Gasteiger charge is 2.20. The number of ether oxygens (including phenoxy) is 2. The number of esters is 1. The molecule has 0 amide bonds. The first-order chi connectivity index (χ1) is 23.4. The zero-order chi connectivity index (χ0) is 33.5. The Bertz CT molecular complexity index is 1880. The summed E-state index contributed by atoms with van der Waals surface area (Å²) in [4.78, 5) is 26.8. The number of benzene rings is 5. The fourth-order valence-electron chi connectivity index (χ4n) is 5.06. The predicted octanol–water partition coefficient (Wildman–Crippen LogP) is 7.85. The van der Waals surface area contributed by atoms with E-state index >= 15 is 0 Å². The molecule has 2 N–H and O–H groups in total. The van der Waals surface area contributed by atoms with Crippen molar-refractivity contribution in [2.24, 2.45) is 5.92 Å². The molecule has 1 aromatic heterocycles. The molecule has 0 fully saturated rings. The van der Waals surface area contributed by atoms with Gasteiger partial charge in [0.25, 0.3) is 0 Å². The Kier molecular flexibility index (Phi) is 9.83. The number of aromatic nitrogens is 3. The molecule has 0 aliphatic heterocycles. The van der Waals surface area contributed by atoms with Crippen LogP contribution >= 0.6 is 0 Å². The molecule has 0 spiro atoms. The van der Waals surface area contributed by atoms with E-state index < -0.39 is 12.1 Å². The second kappa shape index (κ2) is 14.7. The van der Waals surface area contributed by atoms with E-state index in [1.54, 1.807) is 26.0 Å². The first-order valence-electron chi connectivity index (χ1n) is 15.7. The zero-order valence-electron chi connectivity index (χ0n) is 26.7.